The molecule has 0 aliphatic rings. The average molecular weight is 313 g/mol. The molecule has 0 heterocycles. The smallest absolute Gasteiger partial charge is 0.294 e. The third kappa shape index (κ3) is 5.81. The van der Waals surface area contributed by atoms with Crippen molar-refractivity contribution in [1.29, 1.82) is 0 Å². The number of rotatable bonds is 9. The predicted octanol–water partition coefficient (Wildman–Crippen LogP) is 0.0141. The number of nitrogens with zero attached hydrogens (tertiary/aromatic N) is 2. The molecule has 0 fully saturated rings. The molecule has 1 N–H and O–H groups in total. The molecule has 1 amide bonds. The summed E-state index contributed by atoms with van der Waals surface area (Å²) in [6, 6.07) is 4.42. The predicted molar refractivity (Wildman–Crippen MR) is 69.0 cm³/mol. The van der Waals surface area contributed by atoms with Gasteiger partial charge in [0.2, 0.25) is 0 Å². The Morgan fingerprint density at radius 3 is 2.05 bits per heavy atom. The summed E-state index contributed by atoms with van der Waals surface area (Å²) < 4.78 is 0. The monoisotopic (exact) mass is 313 g/mol. The molecule has 0 aliphatic carbocycles. The standard InChI is InChI=1S/C11H11N3O8/c15-5-8-1-3-9(4-2-8)11(16)12-10(6-21-13(17)18)7-22-14(19)20/h1-5,10H,6-7H2,(H,12,16). The highest BCUT2D eigenvalue weighted by molar-refractivity contribution is 5.95. The SMILES string of the molecule is O=Cc1ccc(C(=O)NC(CO[N+](=O)[O-])CO[N+](=O)[O-])cc1. The fourth-order valence-electron chi connectivity index (χ4n) is 1.41. The van der Waals surface area contributed by atoms with Gasteiger partial charge in [-0.15, -0.1) is 20.2 Å². The third-order valence-electron chi connectivity index (χ3n) is 2.41. The number of amides is 1. The van der Waals surface area contributed by atoms with Crippen LogP contribution in [0.2, 0.25) is 0 Å². The zero-order chi connectivity index (χ0) is 16.5. The Morgan fingerprint density at radius 2 is 1.64 bits per heavy atom. The minimum Gasteiger partial charge on any atom is -0.345 e. The Balaban J connectivity index is 2.68. The molecule has 1 aromatic rings. The van der Waals surface area contributed by atoms with Crippen LogP contribution in [0.3, 0.4) is 0 Å². The van der Waals surface area contributed by atoms with Gasteiger partial charge in [0.1, 0.15) is 19.5 Å². The van der Waals surface area contributed by atoms with Gasteiger partial charge in [0.25, 0.3) is 16.1 Å². The van der Waals surface area contributed by atoms with Crippen LogP contribution in [-0.2, 0) is 9.68 Å². The lowest BCUT2D eigenvalue weighted by atomic mass is 10.1. The number of aldehydes is 1. The Kier molecular flexibility index (Phi) is 6.22. The highest BCUT2D eigenvalue weighted by atomic mass is 17.0. The van der Waals surface area contributed by atoms with Crippen molar-refractivity contribution in [3.63, 3.8) is 0 Å². The second-order valence-electron chi connectivity index (χ2n) is 3.95. The first kappa shape index (κ1) is 16.8. The molecular weight excluding hydrogens is 302 g/mol. The summed E-state index contributed by atoms with van der Waals surface area (Å²) in [6.45, 7) is -1.22. The quantitative estimate of drug-likeness (QED) is 0.380. The normalized spacial score (nSPS) is 9.86. The highest BCUT2D eigenvalue weighted by Gasteiger charge is 2.17. The van der Waals surface area contributed by atoms with E-state index in [0.717, 1.165) is 0 Å². The van der Waals surface area contributed by atoms with E-state index in [0.29, 0.717) is 11.8 Å². The molecule has 118 valence electrons. The number of hydrogen-bond donors (Lipinski definition) is 1. The first-order valence-corrected chi connectivity index (χ1v) is 5.83. The van der Waals surface area contributed by atoms with E-state index in [4.69, 9.17) is 0 Å². The van der Waals surface area contributed by atoms with Gasteiger partial charge >= 0.3 is 0 Å². The van der Waals surface area contributed by atoms with Crippen molar-refractivity contribution in [2.45, 2.75) is 6.04 Å². The van der Waals surface area contributed by atoms with Gasteiger partial charge in [-0.25, -0.2) is 0 Å². The van der Waals surface area contributed by atoms with E-state index in [1.54, 1.807) is 0 Å². The number of hydrogen-bond acceptors (Lipinski definition) is 8. The van der Waals surface area contributed by atoms with Crippen LogP contribution in [0, 0.1) is 20.2 Å². The van der Waals surface area contributed by atoms with E-state index in [1.165, 1.54) is 24.3 Å². The summed E-state index contributed by atoms with van der Waals surface area (Å²) in [5.41, 5.74) is 0.527. The molecular formula is C11H11N3O8. The molecule has 0 saturated carbocycles. The van der Waals surface area contributed by atoms with Crippen LogP contribution in [0.15, 0.2) is 24.3 Å². The molecule has 1 aromatic carbocycles. The van der Waals surface area contributed by atoms with Crippen molar-refractivity contribution in [1.82, 2.24) is 5.32 Å². The van der Waals surface area contributed by atoms with Gasteiger partial charge in [-0.1, -0.05) is 12.1 Å². The lowest BCUT2D eigenvalue weighted by Gasteiger charge is -2.16. The van der Waals surface area contributed by atoms with E-state index in [-0.39, 0.29) is 5.56 Å². The number of carbonyl (C=O) groups is 2. The zero-order valence-corrected chi connectivity index (χ0v) is 11.0. The Bertz CT molecular complexity index is 541. The van der Waals surface area contributed by atoms with Gasteiger partial charge in [0, 0.05) is 11.1 Å². The molecule has 0 atom stereocenters. The van der Waals surface area contributed by atoms with E-state index in [1.807, 2.05) is 0 Å². The molecule has 0 aromatic heterocycles. The minimum atomic E-state index is -1.10. The van der Waals surface area contributed by atoms with E-state index >= 15 is 0 Å². The first-order chi connectivity index (χ1) is 10.4. The lowest BCUT2D eigenvalue weighted by molar-refractivity contribution is -0.766. The van der Waals surface area contributed by atoms with Crippen LogP contribution in [0.5, 0.6) is 0 Å². The van der Waals surface area contributed by atoms with Crippen molar-refractivity contribution in [3.05, 3.63) is 55.6 Å². The molecule has 11 nitrogen and oxygen atoms in total. The summed E-state index contributed by atoms with van der Waals surface area (Å²) in [5.74, 6) is -0.652. The molecule has 11 heteroatoms. The molecule has 1 rings (SSSR count). The lowest BCUT2D eigenvalue weighted by Crippen LogP contribution is -2.42. The maximum absolute atomic E-state index is 11.9. The zero-order valence-electron chi connectivity index (χ0n) is 11.0. The number of nitrogens with one attached hydrogen (secondary N) is 1. The topological polar surface area (TPSA) is 151 Å². The fraction of sp³-hybridized carbons (Fsp3) is 0.273. The third-order valence-corrected chi connectivity index (χ3v) is 2.41. The number of carbonyl (C=O) groups excluding carboxylic acids is 2. The summed E-state index contributed by atoms with van der Waals surface area (Å²) in [6.07, 6.45) is 0.598. The minimum absolute atomic E-state index is 0.165. The van der Waals surface area contributed by atoms with Gasteiger partial charge in [-0.3, -0.25) is 9.59 Å². The van der Waals surface area contributed by atoms with Crippen LogP contribution in [0.25, 0.3) is 0 Å². The Morgan fingerprint density at radius 1 is 1.14 bits per heavy atom. The molecule has 0 spiro atoms. The molecule has 0 aliphatic heterocycles. The summed E-state index contributed by atoms with van der Waals surface area (Å²) in [4.78, 5) is 50.8. The maximum atomic E-state index is 11.9. The number of benzene rings is 1. The van der Waals surface area contributed by atoms with Crippen molar-refractivity contribution in [2.24, 2.45) is 0 Å². The van der Waals surface area contributed by atoms with E-state index < -0.39 is 35.3 Å². The van der Waals surface area contributed by atoms with Gasteiger partial charge in [0.15, 0.2) is 0 Å². The molecule has 0 radical (unpaired) electrons. The highest BCUT2D eigenvalue weighted by Crippen LogP contribution is 2.03. The fourth-order valence-corrected chi connectivity index (χ4v) is 1.41. The van der Waals surface area contributed by atoms with Crippen LogP contribution >= 0.6 is 0 Å². The van der Waals surface area contributed by atoms with Crippen molar-refractivity contribution in [2.75, 3.05) is 13.2 Å². The first-order valence-electron chi connectivity index (χ1n) is 5.83. The van der Waals surface area contributed by atoms with E-state index in [2.05, 4.69) is 15.0 Å². The summed E-state index contributed by atoms with van der Waals surface area (Å²) >= 11 is 0. The van der Waals surface area contributed by atoms with Crippen molar-refractivity contribution < 1.29 is 29.4 Å². The second-order valence-corrected chi connectivity index (χ2v) is 3.95. The molecule has 0 unspecified atom stereocenters. The summed E-state index contributed by atoms with van der Waals surface area (Å²) in [7, 11) is 0. The van der Waals surface area contributed by atoms with Gasteiger partial charge in [-0.05, 0) is 12.1 Å². The van der Waals surface area contributed by atoms with Crippen LogP contribution in [0.4, 0.5) is 0 Å². The van der Waals surface area contributed by atoms with Crippen LogP contribution < -0.4 is 5.32 Å². The summed E-state index contributed by atoms with van der Waals surface area (Å²) in [5, 5.41) is 20.4. The van der Waals surface area contributed by atoms with Crippen LogP contribution in [0.1, 0.15) is 20.7 Å². The second kappa shape index (κ2) is 8.14. The Hall–Kier alpha value is -3.24. The van der Waals surface area contributed by atoms with Crippen molar-refractivity contribution in [3.8, 4) is 0 Å². The van der Waals surface area contributed by atoms with Crippen molar-refractivity contribution >= 4 is 12.2 Å². The maximum Gasteiger partial charge on any atom is 0.294 e. The average Bonchev–Trinajstić information content (AvgIpc) is 2.49. The van der Waals surface area contributed by atoms with Gasteiger partial charge in [-0.2, -0.15) is 0 Å². The van der Waals surface area contributed by atoms with Gasteiger partial charge in [0.05, 0.1) is 6.04 Å². The molecule has 0 bridgehead atoms. The molecule has 0 saturated heterocycles. The largest absolute Gasteiger partial charge is 0.345 e. The van der Waals surface area contributed by atoms with Gasteiger partial charge < -0.3 is 15.0 Å². The van der Waals surface area contributed by atoms with E-state index in [9.17, 15) is 29.8 Å². The Labute approximate surface area is 123 Å². The van der Waals surface area contributed by atoms with Crippen LogP contribution in [-0.4, -0.2) is 41.6 Å². The molecule has 22 heavy (non-hydrogen) atoms.